The van der Waals surface area contributed by atoms with E-state index in [1.54, 1.807) is 6.08 Å². The summed E-state index contributed by atoms with van der Waals surface area (Å²) in [6.45, 7) is 3.51. The third-order valence-electron chi connectivity index (χ3n) is 1.15. The van der Waals surface area contributed by atoms with Crippen molar-refractivity contribution in [2.75, 3.05) is 0 Å². The Morgan fingerprint density at radius 1 is 1.45 bits per heavy atom. The number of hydrogen-bond acceptors (Lipinski definition) is 2. The summed E-state index contributed by atoms with van der Waals surface area (Å²) in [5.74, 6) is -0.358. The van der Waals surface area contributed by atoms with Gasteiger partial charge in [0.25, 0.3) is 0 Å². The monoisotopic (exact) mass is 226 g/mol. The predicted molar refractivity (Wildman–Crippen MR) is 39.6 cm³/mol. The van der Waals surface area contributed by atoms with Crippen molar-refractivity contribution in [3.05, 3.63) is 35.8 Å². The second-order valence-corrected chi connectivity index (χ2v) is 1.85. The minimum atomic E-state index is -0.216. The molecule has 11 heavy (non-hydrogen) atoms. The van der Waals surface area contributed by atoms with E-state index in [1.165, 1.54) is 0 Å². The van der Waals surface area contributed by atoms with Gasteiger partial charge >= 0.3 is 23.1 Å². The van der Waals surface area contributed by atoms with Gasteiger partial charge in [0, 0.05) is 5.76 Å². The van der Waals surface area contributed by atoms with Crippen LogP contribution in [0.1, 0.15) is 6.42 Å². The summed E-state index contributed by atoms with van der Waals surface area (Å²) in [6.07, 6.45) is 4.65. The largest absolute Gasteiger partial charge is 2.00 e. The molecule has 1 rings (SSSR count). The zero-order chi connectivity index (χ0) is 6.85. The molecule has 0 atom stereocenters. The molecule has 0 bridgehead atoms. The van der Waals surface area contributed by atoms with Gasteiger partial charge in [-0.3, -0.25) is 0 Å². The number of aliphatic hydroxyl groups excluding tert-OH is 2. The predicted octanol–water partition coefficient (Wildman–Crippen LogP) is -1.74. The van der Waals surface area contributed by atoms with Crippen molar-refractivity contribution in [3.63, 3.8) is 0 Å². The Morgan fingerprint density at radius 3 is 2.36 bits per heavy atom. The molecule has 2 N–H and O–H groups in total. The molecule has 0 saturated carbocycles. The van der Waals surface area contributed by atoms with Crippen LogP contribution in [0, 0.1) is 6.08 Å². The SMILES string of the molecule is C=C1CC=[C-]C(O)=C1O.[Br-].[Mg+2]. The minimum absolute atomic E-state index is 0. The van der Waals surface area contributed by atoms with E-state index in [1.807, 2.05) is 0 Å². The molecule has 1 aliphatic carbocycles. The van der Waals surface area contributed by atoms with Crippen LogP contribution in [0.2, 0.25) is 0 Å². The summed E-state index contributed by atoms with van der Waals surface area (Å²) in [4.78, 5) is 0. The Morgan fingerprint density at radius 2 is 2.00 bits per heavy atom. The van der Waals surface area contributed by atoms with Gasteiger partial charge in [-0.15, -0.1) is 6.58 Å². The Bertz CT molecular complexity index is 208. The molecule has 4 heteroatoms. The van der Waals surface area contributed by atoms with E-state index in [4.69, 9.17) is 10.2 Å². The Balaban J connectivity index is 0. The van der Waals surface area contributed by atoms with Crippen LogP contribution in [0.15, 0.2) is 29.7 Å². The van der Waals surface area contributed by atoms with E-state index in [9.17, 15) is 0 Å². The van der Waals surface area contributed by atoms with Gasteiger partial charge in [0.2, 0.25) is 0 Å². The van der Waals surface area contributed by atoms with E-state index in [0.717, 1.165) is 0 Å². The summed E-state index contributed by atoms with van der Waals surface area (Å²) < 4.78 is 0. The average Bonchev–Trinajstić information content (AvgIpc) is 1.83. The summed E-state index contributed by atoms with van der Waals surface area (Å²) in [5.41, 5.74) is 0.534. The molecule has 0 saturated heterocycles. The molecule has 0 aromatic carbocycles. The first-order valence-electron chi connectivity index (χ1n) is 2.60. The van der Waals surface area contributed by atoms with E-state index in [2.05, 4.69) is 12.7 Å². The molecule has 0 heterocycles. The number of halogens is 1. The first-order valence-corrected chi connectivity index (χ1v) is 2.60. The van der Waals surface area contributed by atoms with Crippen LogP contribution in [0.5, 0.6) is 0 Å². The van der Waals surface area contributed by atoms with Crippen LogP contribution in [-0.4, -0.2) is 33.3 Å². The molecule has 0 radical (unpaired) electrons. The second-order valence-electron chi connectivity index (χ2n) is 1.85. The van der Waals surface area contributed by atoms with Crippen LogP contribution in [-0.2, 0) is 0 Å². The fourth-order valence-corrected chi connectivity index (χ4v) is 0.603. The van der Waals surface area contributed by atoms with E-state index in [0.29, 0.717) is 12.0 Å². The molecular formula is C7H7BrMgO2. The van der Waals surface area contributed by atoms with Crippen LogP contribution < -0.4 is 17.0 Å². The summed E-state index contributed by atoms with van der Waals surface area (Å²) in [7, 11) is 0. The van der Waals surface area contributed by atoms with Crippen molar-refractivity contribution >= 4 is 23.1 Å². The summed E-state index contributed by atoms with van der Waals surface area (Å²) >= 11 is 0. The first kappa shape index (κ1) is 13.6. The molecular weight excluding hydrogens is 220 g/mol. The average molecular weight is 227 g/mol. The zero-order valence-corrected chi connectivity index (χ0v) is 8.97. The third-order valence-corrected chi connectivity index (χ3v) is 1.15. The van der Waals surface area contributed by atoms with Gasteiger partial charge in [0.05, 0.1) is 0 Å². The van der Waals surface area contributed by atoms with Crippen LogP contribution in [0.4, 0.5) is 0 Å². The smallest absolute Gasteiger partial charge is 1.00 e. The molecule has 0 spiro atoms. The molecule has 0 amide bonds. The molecule has 0 aliphatic heterocycles. The van der Waals surface area contributed by atoms with Crippen molar-refractivity contribution in [2.24, 2.45) is 0 Å². The van der Waals surface area contributed by atoms with Crippen LogP contribution in [0.25, 0.3) is 0 Å². The Hall–Kier alpha value is 0.0662. The van der Waals surface area contributed by atoms with Gasteiger partial charge in [-0.25, -0.2) is 6.08 Å². The second kappa shape index (κ2) is 5.68. The molecule has 0 aromatic heterocycles. The third kappa shape index (κ3) is 3.31. The van der Waals surface area contributed by atoms with E-state index >= 15 is 0 Å². The van der Waals surface area contributed by atoms with Crippen LogP contribution >= 0.6 is 0 Å². The van der Waals surface area contributed by atoms with Gasteiger partial charge < -0.3 is 27.2 Å². The summed E-state index contributed by atoms with van der Waals surface area (Å²) in [6, 6.07) is 0. The van der Waals surface area contributed by atoms with Crippen molar-refractivity contribution in [1.29, 1.82) is 0 Å². The fourth-order valence-electron chi connectivity index (χ4n) is 0.603. The van der Waals surface area contributed by atoms with Crippen molar-refractivity contribution < 1.29 is 27.2 Å². The van der Waals surface area contributed by atoms with Gasteiger partial charge in [-0.2, -0.15) is 6.08 Å². The molecule has 0 fully saturated rings. The van der Waals surface area contributed by atoms with E-state index in [-0.39, 0.29) is 51.6 Å². The zero-order valence-electron chi connectivity index (χ0n) is 5.97. The molecule has 0 aromatic rings. The van der Waals surface area contributed by atoms with Crippen LogP contribution in [0.3, 0.4) is 0 Å². The van der Waals surface area contributed by atoms with Crippen molar-refractivity contribution in [2.45, 2.75) is 6.42 Å². The molecule has 2 nitrogen and oxygen atoms in total. The maximum atomic E-state index is 8.89. The quantitative estimate of drug-likeness (QED) is 0.381. The standard InChI is InChI=1S/C7H7O2.BrH.Mg/c1-5-3-2-4-6(8)7(5)9;;/h2,8-9H,1,3H2;1H;/q-1;;+2/p-1. The Kier molecular flexibility index (Phi) is 7.05. The number of hydrogen-bond donors (Lipinski definition) is 2. The topological polar surface area (TPSA) is 40.5 Å². The van der Waals surface area contributed by atoms with Crippen molar-refractivity contribution in [1.82, 2.24) is 0 Å². The van der Waals surface area contributed by atoms with Gasteiger partial charge in [-0.1, -0.05) is 5.57 Å². The first-order chi connectivity index (χ1) is 4.22. The van der Waals surface area contributed by atoms with Gasteiger partial charge in [0.15, 0.2) is 0 Å². The number of rotatable bonds is 0. The van der Waals surface area contributed by atoms with Gasteiger partial charge in [-0.05, 0) is 12.2 Å². The Labute approximate surface area is 92.2 Å². The number of aliphatic hydroxyl groups is 2. The maximum Gasteiger partial charge on any atom is 2.00 e. The summed E-state index contributed by atoms with van der Waals surface area (Å²) in [5, 5.41) is 17.7. The molecule has 0 unspecified atom stereocenters. The molecule has 56 valence electrons. The minimum Gasteiger partial charge on any atom is -1.00 e. The molecule has 1 aliphatic rings. The van der Waals surface area contributed by atoms with Gasteiger partial charge in [0.1, 0.15) is 0 Å². The maximum absolute atomic E-state index is 8.89. The normalized spacial score (nSPS) is 15.5. The number of allylic oxidation sites excluding steroid dienone is 3. The van der Waals surface area contributed by atoms with Crippen molar-refractivity contribution in [3.8, 4) is 0 Å². The van der Waals surface area contributed by atoms with E-state index < -0.39 is 0 Å². The fraction of sp³-hybridized carbons (Fsp3) is 0.143.